The SMILES string of the molecule is CCOCc1cccc(NC(=O)[C@H]2CCc3nc(C)nc(C(F)(F)F)c3C2)c1. The molecular formula is C20H22F3N3O2. The molecule has 1 aliphatic rings. The fraction of sp³-hybridized carbons (Fsp3) is 0.450. The molecule has 0 saturated heterocycles. The second kappa shape index (κ2) is 8.26. The summed E-state index contributed by atoms with van der Waals surface area (Å²) in [6, 6.07) is 7.24. The number of carbonyl (C=O) groups is 1. The molecule has 1 atom stereocenters. The molecule has 0 bridgehead atoms. The molecule has 1 N–H and O–H groups in total. The fourth-order valence-corrected chi connectivity index (χ4v) is 3.40. The number of carbonyl (C=O) groups excluding carboxylic acids is 1. The molecule has 5 nitrogen and oxygen atoms in total. The number of halogens is 3. The van der Waals surface area contributed by atoms with Gasteiger partial charge in [-0.05, 0) is 50.8 Å². The molecule has 8 heteroatoms. The Morgan fingerprint density at radius 2 is 2.11 bits per heavy atom. The number of anilines is 1. The Kier molecular flexibility index (Phi) is 5.98. The molecule has 0 saturated carbocycles. The molecule has 1 aromatic carbocycles. The number of nitrogens with one attached hydrogen (secondary N) is 1. The van der Waals surface area contributed by atoms with Crippen molar-refractivity contribution >= 4 is 11.6 Å². The predicted octanol–water partition coefficient (Wildman–Crippen LogP) is 4.08. The van der Waals surface area contributed by atoms with E-state index in [9.17, 15) is 18.0 Å². The zero-order chi connectivity index (χ0) is 20.3. The van der Waals surface area contributed by atoms with Crippen molar-refractivity contribution in [3.05, 3.63) is 52.6 Å². The van der Waals surface area contributed by atoms with E-state index >= 15 is 0 Å². The third kappa shape index (κ3) is 4.67. The van der Waals surface area contributed by atoms with Gasteiger partial charge in [-0.2, -0.15) is 13.2 Å². The second-order valence-electron chi connectivity index (χ2n) is 6.81. The monoisotopic (exact) mass is 393 g/mol. The van der Waals surface area contributed by atoms with E-state index in [0.717, 1.165) is 5.56 Å². The minimum absolute atomic E-state index is 0.0189. The Morgan fingerprint density at radius 1 is 1.32 bits per heavy atom. The predicted molar refractivity (Wildman–Crippen MR) is 97.7 cm³/mol. The highest BCUT2D eigenvalue weighted by atomic mass is 19.4. The third-order valence-corrected chi connectivity index (χ3v) is 4.69. The largest absolute Gasteiger partial charge is 0.433 e. The molecule has 1 aliphatic carbocycles. The van der Waals surface area contributed by atoms with Crippen LogP contribution < -0.4 is 5.32 Å². The second-order valence-corrected chi connectivity index (χ2v) is 6.81. The Balaban J connectivity index is 1.76. The normalized spacial score (nSPS) is 16.5. The Bertz CT molecular complexity index is 868. The van der Waals surface area contributed by atoms with Gasteiger partial charge < -0.3 is 10.1 Å². The maximum atomic E-state index is 13.4. The summed E-state index contributed by atoms with van der Waals surface area (Å²) in [7, 11) is 0. The first-order chi connectivity index (χ1) is 13.3. The number of aromatic nitrogens is 2. The maximum Gasteiger partial charge on any atom is 0.433 e. The number of benzene rings is 1. The van der Waals surface area contributed by atoms with Crippen molar-refractivity contribution in [2.24, 2.45) is 5.92 Å². The van der Waals surface area contributed by atoms with Crippen molar-refractivity contribution in [2.75, 3.05) is 11.9 Å². The number of nitrogens with zero attached hydrogens (tertiary/aromatic N) is 2. The van der Waals surface area contributed by atoms with Gasteiger partial charge in [0.2, 0.25) is 5.91 Å². The molecule has 0 spiro atoms. The lowest BCUT2D eigenvalue weighted by molar-refractivity contribution is -0.142. The van der Waals surface area contributed by atoms with Crippen molar-refractivity contribution < 1.29 is 22.7 Å². The van der Waals surface area contributed by atoms with Crippen molar-refractivity contribution in [1.82, 2.24) is 9.97 Å². The van der Waals surface area contributed by atoms with Crippen LogP contribution >= 0.6 is 0 Å². The topological polar surface area (TPSA) is 64.1 Å². The Hall–Kier alpha value is -2.48. The van der Waals surface area contributed by atoms with Gasteiger partial charge in [0.05, 0.1) is 6.61 Å². The van der Waals surface area contributed by atoms with E-state index in [0.29, 0.717) is 37.4 Å². The summed E-state index contributed by atoms with van der Waals surface area (Å²) in [5, 5.41) is 2.81. The van der Waals surface area contributed by atoms with Crippen LogP contribution in [0.2, 0.25) is 0 Å². The molecule has 0 radical (unpaired) electrons. The highest BCUT2D eigenvalue weighted by Crippen LogP contribution is 2.36. The molecule has 150 valence electrons. The van der Waals surface area contributed by atoms with Gasteiger partial charge in [-0.1, -0.05) is 12.1 Å². The zero-order valence-electron chi connectivity index (χ0n) is 15.8. The van der Waals surface area contributed by atoms with Crippen LogP contribution in [0.25, 0.3) is 0 Å². The molecule has 0 unspecified atom stereocenters. The summed E-state index contributed by atoms with van der Waals surface area (Å²) in [6.07, 6.45) is -3.81. The minimum atomic E-state index is -4.57. The van der Waals surface area contributed by atoms with Crippen molar-refractivity contribution in [3.8, 4) is 0 Å². The number of alkyl halides is 3. The first-order valence-electron chi connectivity index (χ1n) is 9.19. The molecule has 3 rings (SSSR count). The average Bonchev–Trinajstić information content (AvgIpc) is 2.64. The molecule has 1 aromatic heterocycles. The van der Waals surface area contributed by atoms with Crippen LogP contribution in [-0.2, 0) is 35.2 Å². The van der Waals surface area contributed by atoms with Crippen LogP contribution in [0, 0.1) is 12.8 Å². The molecule has 0 fully saturated rings. The lowest BCUT2D eigenvalue weighted by Crippen LogP contribution is -2.31. The smallest absolute Gasteiger partial charge is 0.377 e. The Labute approximate surface area is 161 Å². The van der Waals surface area contributed by atoms with E-state index < -0.39 is 17.8 Å². The minimum Gasteiger partial charge on any atom is -0.377 e. The molecule has 0 aliphatic heterocycles. The summed E-state index contributed by atoms with van der Waals surface area (Å²) in [5.41, 5.74) is 1.02. The number of rotatable bonds is 5. The van der Waals surface area contributed by atoms with Crippen LogP contribution in [-0.4, -0.2) is 22.5 Å². The van der Waals surface area contributed by atoms with Gasteiger partial charge in [-0.25, -0.2) is 9.97 Å². The van der Waals surface area contributed by atoms with E-state index in [2.05, 4.69) is 15.3 Å². The fourth-order valence-electron chi connectivity index (χ4n) is 3.40. The summed E-state index contributed by atoms with van der Waals surface area (Å²) >= 11 is 0. The van der Waals surface area contributed by atoms with Crippen LogP contribution in [0.5, 0.6) is 0 Å². The van der Waals surface area contributed by atoms with Crippen molar-refractivity contribution in [1.29, 1.82) is 0 Å². The van der Waals surface area contributed by atoms with E-state index in [4.69, 9.17) is 4.74 Å². The van der Waals surface area contributed by atoms with E-state index in [1.54, 1.807) is 18.2 Å². The quantitative estimate of drug-likeness (QED) is 0.831. The van der Waals surface area contributed by atoms with E-state index in [1.807, 2.05) is 13.0 Å². The molecule has 2 aromatic rings. The molecular weight excluding hydrogens is 371 g/mol. The van der Waals surface area contributed by atoms with Crippen LogP contribution in [0.1, 0.15) is 41.7 Å². The third-order valence-electron chi connectivity index (χ3n) is 4.69. The molecule has 1 heterocycles. The van der Waals surface area contributed by atoms with E-state index in [-0.39, 0.29) is 23.7 Å². The first kappa shape index (κ1) is 20.3. The molecule has 1 amide bonds. The van der Waals surface area contributed by atoms with Gasteiger partial charge in [-0.3, -0.25) is 4.79 Å². The number of aryl methyl sites for hydroxylation is 2. The highest BCUT2D eigenvalue weighted by Gasteiger charge is 2.39. The highest BCUT2D eigenvalue weighted by molar-refractivity contribution is 5.93. The number of ether oxygens (including phenoxy) is 1. The van der Waals surface area contributed by atoms with Crippen LogP contribution in [0.4, 0.5) is 18.9 Å². The number of hydrogen-bond donors (Lipinski definition) is 1. The number of hydrogen-bond acceptors (Lipinski definition) is 4. The average molecular weight is 393 g/mol. The van der Waals surface area contributed by atoms with Crippen LogP contribution in [0.3, 0.4) is 0 Å². The first-order valence-corrected chi connectivity index (χ1v) is 9.19. The van der Waals surface area contributed by atoms with Gasteiger partial charge in [0.1, 0.15) is 5.82 Å². The lowest BCUT2D eigenvalue weighted by Gasteiger charge is -2.25. The number of fused-ring (bicyclic) bond motifs is 1. The van der Waals surface area contributed by atoms with Crippen LogP contribution in [0.15, 0.2) is 24.3 Å². The van der Waals surface area contributed by atoms with Crippen molar-refractivity contribution in [2.45, 2.75) is 45.9 Å². The van der Waals surface area contributed by atoms with Gasteiger partial charge in [0, 0.05) is 29.5 Å². The lowest BCUT2D eigenvalue weighted by atomic mass is 9.85. The summed E-state index contributed by atoms with van der Waals surface area (Å²) < 4.78 is 45.5. The van der Waals surface area contributed by atoms with Gasteiger partial charge in [0.15, 0.2) is 5.69 Å². The van der Waals surface area contributed by atoms with Crippen molar-refractivity contribution in [3.63, 3.8) is 0 Å². The van der Waals surface area contributed by atoms with Gasteiger partial charge >= 0.3 is 6.18 Å². The maximum absolute atomic E-state index is 13.4. The summed E-state index contributed by atoms with van der Waals surface area (Å²) in [6.45, 7) is 4.36. The zero-order valence-corrected chi connectivity index (χ0v) is 15.8. The standard InChI is InChI=1S/C20H22F3N3O2/c1-3-28-11-13-5-4-6-15(9-13)26-19(27)14-7-8-17-16(10-14)18(20(21,22)23)25-12(2)24-17/h4-6,9,14H,3,7-8,10-11H2,1-2H3,(H,26,27)/t14-/m0/s1. The molecule has 28 heavy (non-hydrogen) atoms. The van der Waals surface area contributed by atoms with Gasteiger partial charge in [0.25, 0.3) is 0 Å². The van der Waals surface area contributed by atoms with Gasteiger partial charge in [-0.15, -0.1) is 0 Å². The number of amides is 1. The summed E-state index contributed by atoms with van der Waals surface area (Å²) in [4.78, 5) is 20.4. The van der Waals surface area contributed by atoms with E-state index in [1.165, 1.54) is 6.92 Å². The Morgan fingerprint density at radius 3 is 2.82 bits per heavy atom. The summed E-state index contributed by atoms with van der Waals surface area (Å²) in [5.74, 6) is -0.761.